The van der Waals surface area contributed by atoms with Crippen LogP contribution in [0.25, 0.3) is 0 Å². The molecule has 0 aromatic rings. The van der Waals surface area contributed by atoms with Crippen molar-refractivity contribution >= 4 is 5.78 Å². The Balaban J connectivity index is 2.30. The maximum Gasteiger partial charge on any atom is 0.158 e. The molecule has 11 heavy (non-hydrogen) atoms. The second kappa shape index (κ2) is 1.77. The molecule has 0 aromatic carbocycles. The van der Waals surface area contributed by atoms with Crippen molar-refractivity contribution in [3.05, 3.63) is 12.2 Å². The van der Waals surface area contributed by atoms with E-state index in [1.54, 1.807) is 0 Å². The van der Waals surface area contributed by atoms with Crippen LogP contribution in [0.1, 0.15) is 26.7 Å². The largest absolute Gasteiger partial charge is 0.295 e. The van der Waals surface area contributed by atoms with E-state index in [0.29, 0.717) is 23.0 Å². The second-order valence-corrected chi connectivity index (χ2v) is 4.46. The minimum absolute atomic E-state index is 0.311. The molecular formula is C10H14O. The van der Waals surface area contributed by atoms with Gasteiger partial charge in [-0.05, 0) is 29.2 Å². The number of allylic oxidation sites excluding steroid dienone is 1. The molecule has 3 fully saturated rings. The number of ketones is 1. The van der Waals surface area contributed by atoms with Gasteiger partial charge in [0.05, 0.1) is 0 Å². The Morgan fingerprint density at radius 2 is 2.18 bits per heavy atom. The summed E-state index contributed by atoms with van der Waals surface area (Å²) in [5.74, 6) is 1.45. The molecule has 0 N–H and O–H groups in total. The molecule has 1 heteroatoms. The molecule has 3 rings (SSSR count). The van der Waals surface area contributed by atoms with Crippen molar-refractivity contribution in [3.63, 3.8) is 0 Å². The predicted molar refractivity (Wildman–Crippen MR) is 44.1 cm³/mol. The highest BCUT2D eigenvalue weighted by Crippen LogP contribution is 2.59. The van der Waals surface area contributed by atoms with E-state index in [4.69, 9.17) is 0 Å². The fraction of sp³-hybridized carbons (Fsp3) is 0.700. The third-order valence-corrected chi connectivity index (χ3v) is 3.68. The standard InChI is InChI=1S/C10H14O/c1-6-8-4-7(5-9(6)11)10(8,2)3/h7-8H,1,4-5H2,2-3H3/t7-,8+/m1/s1. The predicted octanol–water partition coefficient (Wildman–Crippen LogP) is 2.18. The molecule has 3 saturated carbocycles. The first-order valence-corrected chi connectivity index (χ1v) is 4.25. The third kappa shape index (κ3) is 0.688. The zero-order chi connectivity index (χ0) is 8.22. The van der Waals surface area contributed by atoms with Crippen molar-refractivity contribution in [1.29, 1.82) is 0 Å². The average molecular weight is 150 g/mol. The highest BCUT2D eigenvalue weighted by atomic mass is 16.1. The lowest BCUT2D eigenvalue weighted by atomic mass is 9.47. The van der Waals surface area contributed by atoms with Gasteiger partial charge in [-0.25, -0.2) is 0 Å². The maximum atomic E-state index is 11.2. The van der Waals surface area contributed by atoms with E-state index in [9.17, 15) is 4.79 Å². The molecule has 3 aliphatic rings. The summed E-state index contributed by atoms with van der Waals surface area (Å²) in [5, 5.41) is 0. The summed E-state index contributed by atoms with van der Waals surface area (Å²) in [6.07, 6.45) is 1.96. The van der Waals surface area contributed by atoms with Gasteiger partial charge in [0.15, 0.2) is 5.78 Å². The molecule has 1 nitrogen and oxygen atoms in total. The molecule has 0 spiro atoms. The average Bonchev–Trinajstić information content (AvgIpc) is 1.93. The minimum atomic E-state index is 0.311. The highest BCUT2D eigenvalue weighted by Gasteiger charge is 2.54. The third-order valence-electron chi connectivity index (χ3n) is 3.68. The molecule has 60 valence electrons. The van der Waals surface area contributed by atoms with Crippen molar-refractivity contribution in [2.45, 2.75) is 26.7 Å². The van der Waals surface area contributed by atoms with Crippen LogP contribution in [0.15, 0.2) is 12.2 Å². The van der Waals surface area contributed by atoms with E-state index in [0.717, 1.165) is 12.0 Å². The normalized spacial score (nSPS) is 40.2. The summed E-state index contributed by atoms with van der Waals surface area (Å²) in [6, 6.07) is 0. The lowest BCUT2D eigenvalue weighted by molar-refractivity contribution is -0.129. The molecule has 0 amide bonds. The molecule has 0 unspecified atom stereocenters. The van der Waals surface area contributed by atoms with Crippen molar-refractivity contribution in [1.82, 2.24) is 0 Å². The molecule has 0 heterocycles. The van der Waals surface area contributed by atoms with Crippen LogP contribution >= 0.6 is 0 Å². The molecule has 0 aromatic heterocycles. The van der Waals surface area contributed by atoms with Gasteiger partial charge in [-0.3, -0.25) is 4.79 Å². The molecule has 0 radical (unpaired) electrons. The molecule has 0 saturated heterocycles. The van der Waals surface area contributed by atoms with Crippen molar-refractivity contribution in [2.24, 2.45) is 17.3 Å². The first kappa shape index (κ1) is 7.08. The van der Waals surface area contributed by atoms with Crippen LogP contribution in [0.3, 0.4) is 0 Å². The van der Waals surface area contributed by atoms with Gasteiger partial charge in [0.1, 0.15) is 0 Å². The first-order chi connectivity index (χ1) is 5.03. The van der Waals surface area contributed by atoms with E-state index >= 15 is 0 Å². The van der Waals surface area contributed by atoms with E-state index in [1.165, 1.54) is 6.42 Å². The Bertz CT molecular complexity index is 237. The number of Topliss-reactive ketones (excluding diaryl/α,β-unsaturated/α-hetero) is 1. The molecular weight excluding hydrogens is 136 g/mol. The quantitative estimate of drug-likeness (QED) is 0.484. The van der Waals surface area contributed by atoms with E-state index in [-0.39, 0.29) is 0 Å². The topological polar surface area (TPSA) is 17.1 Å². The lowest BCUT2D eigenvalue weighted by Crippen LogP contribution is -2.52. The van der Waals surface area contributed by atoms with Crippen LogP contribution in [-0.4, -0.2) is 5.78 Å². The molecule has 3 aliphatic carbocycles. The Morgan fingerprint density at radius 3 is 2.55 bits per heavy atom. The van der Waals surface area contributed by atoms with E-state index in [1.807, 2.05) is 0 Å². The molecule has 2 bridgehead atoms. The number of hydrogen-bond donors (Lipinski definition) is 0. The number of hydrogen-bond acceptors (Lipinski definition) is 1. The second-order valence-electron chi connectivity index (χ2n) is 4.46. The SMILES string of the molecule is C=C1C(=O)C[C@H]2C[C@@H]1C2(C)C. The fourth-order valence-electron chi connectivity index (χ4n) is 2.50. The fourth-order valence-corrected chi connectivity index (χ4v) is 2.50. The van der Waals surface area contributed by atoms with Gasteiger partial charge in [0, 0.05) is 6.42 Å². The Kier molecular flexibility index (Phi) is 1.14. The summed E-state index contributed by atoms with van der Waals surface area (Å²) in [5.41, 5.74) is 1.25. The van der Waals surface area contributed by atoms with Crippen LogP contribution in [0.5, 0.6) is 0 Å². The van der Waals surface area contributed by atoms with Crippen LogP contribution in [-0.2, 0) is 4.79 Å². The number of fused-ring (bicyclic) bond motifs is 2. The van der Waals surface area contributed by atoms with Crippen LogP contribution < -0.4 is 0 Å². The summed E-state index contributed by atoms with van der Waals surface area (Å²) in [7, 11) is 0. The van der Waals surface area contributed by atoms with Gasteiger partial charge in [0.25, 0.3) is 0 Å². The summed E-state index contributed by atoms with van der Waals surface area (Å²) < 4.78 is 0. The first-order valence-electron chi connectivity index (χ1n) is 4.25. The Morgan fingerprint density at radius 1 is 1.55 bits per heavy atom. The van der Waals surface area contributed by atoms with Crippen LogP contribution in [0.2, 0.25) is 0 Å². The summed E-state index contributed by atoms with van der Waals surface area (Å²) in [4.78, 5) is 11.2. The lowest BCUT2D eigenvalue weighted by Gasteiger charge is -2.56. The maximum absolute atomic E-state index is 11.2. The van der Waals surface area contributed by atoms with Gasteiger partial charge in [-0.2, -0.15) is 0 Å². The zero-order valence-electron chi connectivity index (χ0n) is 7.18. The summed E-state index contributed by atoms with van der Waals surface area (Å²) in [6.45, 7) is 8.37. The number of carbonyl (C=O) groups is 1. The van der Waals surface area contributed by atoms with Crippen molar-refractivity contribution in [2.75, 3.05) is 0 Å². The van der Waals surface area contributed by atoms with Crippen molar-refractivity contribution in [3.8, 4) is 0 Å². The van der Waals surface area contributed by atoms with E-state index < -0.39 is 0 Å². The van der Waals surface area contributed by atoms with Gasteiger partial charge in [-0.15, -0.1) is 0 Å². The van der Waals surface area contributed by atoms with Crippen LogP contribution in [0.4, 0.5) is 0 Å². The minimum Gasteiger partial charge on any atom is -0.295 e. The molecule has 2 atom stereocenters. The van der Waals surface area contributed by atoms with Crippen LogP contribution in [0, 0.1) is 17.3 Å². The monoisotopic (exact) mass is 150 g/mol. The van der Waals surface area contributed by atoms with Crippen molar-refractivity contribution < 1.29 is 4.79 Å². The Hall–Kier alpha value is -0.590. The highest BCUT2D eigenvalue weighted by molar-refractivity contribution is 5.97. The van der Waals surface area contributed by atoms with Gasteiger partial charge in [-0.1, -0.05) is 20.4 Å². The smallest absolute Gasteiger partial charge is 0.158 e. The molecule has 0 aliphatic heterocycles. The Labute approximate surface area is 67.5 Å². The number of rotatable bonds is 0. The summed E-state index contributed by atoms with van der Waals surface area (Å²) >= 11 is 0. The van der Waals surface area contributed by atoms with Gasteiger partial charge < -0.3 is 0 Å². The number of carbonyl (C=O) groups excluding carboxylic acids is 1. The zero-order valence-corrected chi connectivity index (χ0v) is 7.18. The van der Waals surface area contributed by atoms with E-state index in [2.05, 4.69) is 20.4 Å². The van der Waals surface area contributed by atoms with Gasteiger partial charge >= 0.3 is 0 Å². The van der Waals surface area contributed by atoms with Gasteiger partial charge in [0.2, 0.25) is 0 Å².